The summed E-state index contributed by atoms with van der Waals surface area (Å²) in [5.41, 5.74) is 5.76. The van der Waals surface area contributed by atoms with Crippen LogP contribution in [0.3, 0.4) is 0 Å². The summed E-state index contributed by atoms with van der Waals surface area (Å²) in [6, 6.07) is 17.3. The molecule has 3 aliphatic heterocycles. The van der Waals surface area contributed by atoms with Crippen LogP contribution >= 0.6 is 0 Å². The molecule has 15 nitrogen and oxygen atoms in total. The first-order valence-corrected chi connectivity index (χ1v) is 21.6. The number of aromatic amines is 2. The highest BCUT2D eigenvalue weighted by atomic mass is 16.5. The number of carbonyl (C=O) groups is 4. The van der Waals surface area contributed by atoms with Gasteiger partial charge in [-0.1, -0.05) is 56.3 Å². The molecule has 1 aliphatic carbocycles. The number of carbonyl (C=O) groups excluding carboxylic acids is 4. The van der Waals surface area contributed by atoms with Crippen molar-refractivity contribution in [3.05, 3.63) is 72.4 Å². The van der Waals surface area contributed by atoms with Crippen molar-refractivity contribution in [2.24, 2.45) is 17.8 Å². The second-order valence-electron chi connectivity index (χ2n) is 17.3. The number of fused-ring (bicyclic) bond motifs is 5. The van der Waals surface area contributed by atoms with Crippen molar-refractivity contribution in [2.45, 2.75) is 89.0 Å². The first kappa shape index (κ1) is 40.4. The zero-order chi connectivity index (χ0) is 42.4. The molecule has 9 rings (SSSR count). The third-order valence-electron chi connectivity index (χ3n) is 13.4. The highest BCUT2D eigenvalue weighted by molar-refractivity contribution is 6.05. The van der Waals surface area contributed by atoms with Crippen molar-refractivity contribution in [2.75, 3.05) is 34.0 Å². The van der Waals surface area contributed by atoms with Crippen molar-refractivity contribution < 1.29 is 33.4 Å². The van der Waals surface area contributed by atoms with Crippen molar-refractivity contribution in [1.29, 1.82) is 0 Å². The molecule has 6 atom stereocenters. The molecule has 3 saturated heterocycles. The van der Waals surface area contributed by atoms with Crippen molar-refractivity contribution in [3.63, 3.8) is 0 Å². The predicted molar refractivity (Wildman–Crippen MR) is 228 cm³/mol. The number of piperidine rings is 1. The fraction of sp³-hybridized carbons (Fsp3) is 0.478. The first-order valence-electron chi connectivity index (χ1n) is 21.6. The Morgan fingerprint density at radius 1 is 0.820 bits per heavy atom. The molecule has 15 heteroatoms. The summed E-state index contributed by atoms with van der Waals surface area (Å²) < 4.78 is 15.3. The van der Waals surface area contributed by atoms with E-state index in [1.165, 1.54) is 14.2 Å². The summed E-state index contributed by atoms with van der Waals surface area (Å²) in [4.78, 5) is 73.4. The van der Waals surface area contributed by atoms with E-state index in [1.54, 1.807) is 0 Å². The fourth-order valence-electron chi connectivity index (χ4n) is 10.3. The third kappa shape index (κ3) is 7.68. The topological polar surface area (TPSA) is 184 Å². The van der Waals surface area contributed by atoms with Gasteiger partial charge in [-0.3, -0.25) is 9.59 Å². The first-order chi connectivity index (χ1) is 29.6. The van der Waals surface area contributed by atoms with Gasteiger partial charge in [0.25, 0.3) is 0 Å². The zero-order valence-electron chi connectivity index (χ0n) is 35.1. The molecule has 5 heterocycles. The van der Waals surface area contributed by atoms with Gasteiger partial charge >= 0.3 is 12.2 Å². The number of H-pyrrole nitrogens is 2. The number of hydrogen-bond donors (Lipinski definition) is 4. The Balaban J connectivity index is 0.928. The van der Waals surface area contributed by atoms with Crippen LogP contribution in [-0.4, -0.2) is 106 Å². The van der Waals surface area contributed by atoms with E-state index >= 15 is 0 Å². The van der Waals surface area contributed by atoms with E-state index in [1.807, 2.05) is 29.8 Å². The molecule has 2 bridgehead atoms. The minimum absolute atomic E-state index is 0.0297. The van der Waals surface area contributed by atoms with Crippen molar-refractivity contribution >= 4 is 45.8 Å². The second-order valence-corrected chi connectivity index (χ2v) is 17.3. The maximum absolute atomic E-state index is 14.5. The van der Waals surface area contributed by atoms with E-state index in [2.05, 4.69) is 75.2 Å². The van der Waals surface area contributed by atoms with Crippen LogP contribution in [0.5, 0.6) is 0 Å². The summed E-state index contributed by atoms with van der Waals surface area (Å²) >= 11 is 0. The number of imidazole rings is 2. The Kier molecular flexibility index (Phi) is 11.2. The van der Waals surface area contributed by atoms with Crippen molar-refractivity contribution in [1.82, 2.24) is 40.4 Å². The number of alkyl carbamates (subject to hydrolysis) is 2. The van der Waals surface area contributed by atoms with E-state index < -0.39 is 24.3 Å². The van der Waals surface area contributed by atoms with Crippen LogP contribution in [0.1, 0.15) is 82.5 Å². The minimum Gasteiger partial charge on any atom is -0.453 e. The third-order valence-corrected chi connectivity index (χ3v) is 13.4. The lowest BCUT2D eigenvalue weighted by atomic mass is 9.89. The fourth-order valence-corrected chi connectivity index (χ4v) is 10.3. The number of aromatic nitrogens is 4. The molecule has 320 valence electrons. The highest BCUT2D eigenvalue weighted by Gasteiger charge is 2.52. The number of hydrogen-bond acceptors (Lipinski definition) is 9. The molecule has 4 N–H and O–H groups in total. The molecule has 1 saturated carbocycles. The highest BCUT2D eigenvalue weighted by Crippen LogP contribution is 2.50. The lowest BCUT2D eigenvalue weighted by molar-refractivity contribution is -0.140. The van der Waals surface area contributed by atoms with Crippen LogP contribution in [0.2, 0.25) is 0 Å². The molecule has 5 aromatic rings. The number of amides is 4. The van der Waals surface area contributed by atoms with Crippen LogP contribution in [0.4, 0.5) is 9.59 Å². The number of rotatable bonds is 10. The molecule has 2 aromatic heterocycles. The summed E-state index contributed by atoms with van der Waals surface area (Å²) in [5.74, 6) is 1.46. The number of ether oxygens (including phenoxy) is 3. The van der Waals surface area contributed by atoms with Gasteiger partial charge in [0.05, 0.1) is 49.2 Å². The average Bonchev–Trinajstić information content (AvgIpc) is 4.15. The van der Waals surface area contributed by atoms with Gasteiger partial charge in [0, 0.05) is 31.2 Å². The molecule has 61 heavy (non-hydrogen) atoms. The molecular formula is C46H54N8O7. The number of methoxy groups -OCH3 is 2. The molecule has 4 fully saturated rings. The Hall–Kier alpha value is -5.96. The van der Waals surface area contributed by atoms with Crippen LogP contribution in [0.15, 0.2) is 60.8 Å². The quantitative estimate of drug-likeness (QED) is 0.115. The van der Waals surface area contributed by atoms with Gasteiger partial charge in [0.1, 0.15) is 23.7 Å². The van der Waals surface area contributed by atoms with E-state index in [-0.39, 0.29) is 47.7 Å². The minimum atomic E-state index is -0.692. The molecule has 4 amide bonds. The lowest BCUT2D eigenvalue weighted by Crippen LogP contribution is -2.55. The van der Waals surface area contributed by atoms with Crippen molar-refractivity contribution in [3.8, 4) is 22.4 Å². The number of nitrogens with zero attached hydrogens (tertiary/aromatic N) is 4. The van der Waals surface area contributed by atoms with Gasteiger partial charge in [-0.2, -0.15) is 0 Å². The maximum atomic E-state index is 14.5. The summed E-state index contributed by atoms with van der Waals surface area (Å²) in [6.07, 6.45) is 6.51. The van der Waals surface area contributed by atoms with Gasteiger partial charge in [-0.05, 0) is 96.9 Å². The Morgan fingerprint density at radius 2 is 1.56 bits per heavy atom. The Morgan fingerprint density at radius 3 is 2.31 bits per heavy atom. The molecular weight excluding hydrogens is 777 g/mol. The molecule has 4 aliphatic rings. The van der Waals surface area contributed by atoms with Gasteiger partial charge in [-0.25, -0.2) is 19.6 Å². The largest absolute Gasteiger partial charge is 0.453 e. The van der Waals surface area contributed by atoms with Crippen LogP contribution in [0.25, 0.3) is 44.2 Å². The summed E-state index contributed by atoms with van der Waals surface area (Å²) in [6.45, 7) is 5.53. The molecule has 3 aromatic carbocycles. The smallest absolute Gasteiger partial charge is 0.407 e. The Labute approximate surface area is 354 Å². The van der Waals surface area contributed by atoms with Gasteiger partial charge < -0.3 is 44.6 Å². The maximum Gasteiger partial charge on any atom is 0.407 e. The van der Waals surface area contributed by atoms with Crippen LogP contribution < -0.4 is 10.6 Å². The summed E-state index contributed by atoms with van der Waals surface area (Å²) in [7, 11) is 2.62. The zero-order valence-corrected chi connectivity index (χ0v) is 35.1. The number of likely N-dealkylation sites (tertiary alicyclic amines) is 2. The lowest BCUT2D eigenvalue weighted by Gasteiger charge is -2.39. The number of nitrogens with one attached hydrogen (secondary N) is 4. The van der Waals surface area contributed by atoms with E-state index in [9.17, 15) is 19.2 Å². The molecule has 0 radical (unpaired) electrons. The second kappa shape index (κ2) is 16.8. The number of benzene rings is 3. The summed E-state index contributed by atoms with van der Waals surface area (Å²) in [5, 5.41) is 7.68. The standard InChI is InChI=1S/C46H54N8O7/c1-25(2)37(51-45(57)59-3)43(55)53-19-5-6-36(53)41-47-24-35(49-41)27-9-7-26(8-10-27)29-12-15-33-30(22-29)13-16-34-39(33)50-42(48-34)40-31-11-14-32(23-31)54(40)44(56)38(52-46(58)60-4)28-17-20-61-21-18-28/h7-10,12-13,15-16,22,24-25,28,31-32,36-38,40H,5-6,11,14,17-21,23H2,1-4H3,(H,47,49)(H,48,50)(H,51,57)(H,52,58)/t31-,32+,36-,37?,38?,40-/m0/s1. The Bertz CT molecular complexity index is 2440. The van der Waals surface area contributed by atoms with E-state index in [4.69, 9.17) is 24.2 Å². The van der Waals surface area contributed by atoms with E-state index in [0.29, 0.717) is 32.6 Å². The monoisotopic (exact) mass is 830 g/mol. The van der Waals surface area contributed by atoms with Crippen LogP contribution in [-0.2, 0) is 23.8 Å². The SMILES string of the molecule is COC(=O)NC(C(=O)N1CCC[C@H]1c1ncc(-c2ccc(-c3ccc4c(ccc5[nH]c([C@@H]6[C@H]7CC[C@H](C7)N6C(=O)C(NC(=O)OC)C6CCOCC6)nc54)c3)cc2)[nH]1)C(C)C. The molecule has 2 unspecified atom stereocenters. The van der Waals surface area contributed by atoms with Crippen LogP contribution in [0, 0.1) is 17.8 Å². The average molecular weight is 831 g/mol. The normalized spacial score (nSPS) is 22.5. The van der Waals surface area contributed by atoms with Gasteiger partial charge in [-0.15, -0.1) is 0 Å². The predicted octanol–water partition coefficient (Wildman–Crippen LogP) is 7.02. The molecule has 0 spiro atoms. The van der Waals surface area contributed by atoms with E-state index in [0.717, 1.165) is 87.9 Å². The van der Waals surface area contributed by atoms with Gasteiger partial charge in [0.15, 0.2) is 0 Å². The van der Waals surface area contributed by atoms with Gasteiger partial charge in [0.2, 0.25) is 11.8 Å².